The zero-order valence-corrected chi connectivity index (χ0v) is 12.3. The fourth-order valence-corrected chi connectivity index (χ4v) is 2.74. The van der Waals surface area contributed by atoms with Gasteiger partial charge in [0.15, 0.2) is 0 Å². The molecule has 1 amide bonds. The van der Waals surface area contributed by atoms with Crippen molar-refractivity contribution in [2.24, 2.45) is 5.92 Å². The predicted molar refractivity (Wildman–Crippen MR) is 77.1 cm³/mol. The van der Waals surface area contributed by atoms with Crippen molar-refractivity contribution in [3.8, 4) is 0 Å². The van der Waals surface area contributed by atoms with Crippen molar-refractivity contribution in [2.45, 2.75) is 19.3 Å². The fraction of sp³-hybridized carbons (Fsp3) is 0.429. The Hall–Kier alpha value is -1.26. The summed E-state index contributed by atoms with van der Waals surface area (Å²) in [7, 11) is 0. The van der Waals surface area contributed by atoms with Gasteiger partial charge >= 0.3 is 5.97 Å². The van der Waals surface area contributed by atoms with Crippen molar-refractivity contribution in [3.05, 3.63) is 33.8 Å². The molecule has 4 nitrogen and oxygen atoms in total. The SMILES string of the molecule is O=C(O)C1CCN(C(=O)CCc2cccc(Cl)c2Cl)C1. The number of carbonyl (C=O) groups is 2. The van der Waals surface area contributed by atoms with Crippen LogP contribution in [0.15, 0.2) is 18.2 Å². The normalized spacial score (nSPS) is 18.3. The minimum Gasteiger partial charge on any atom is -0.481 e. The second kappa shape index (κ2) is 6.46. The minimum atomic E-state index is -0.835. The zero-order chi connectivity index (χ0) is 14.7. The highest BCUT2D eigenvalue weighted by Crippen LogP contribution is 2.27. The number of halogens is 2. The molecule has 1 aliphatic rings. The molecule has 0 bridgehead atoms. The lowest BCUT2D eigenvalue weighted by Gasteiger charge is -2.16. The summed E-state index contributed by atoms with van der Waals surface area (Å²) in [5.41, 5.74) is 0.835. The van der Waals surface area contributed by atoms with Crippen LogP contribution in [0, 0.1) is 5.92 Å². The van der Waals surface area contributed by atoms with Crippen LogP contribution in [0.1, 0.15) is 18.4 Å². The Bertz CT molecular complexity index is 533. The highest BCUT2D eigenvalue weighted by atomic mass is 35.5. The van der Waals surface area contributed by atoms with Crippen molar-refractivity contribution in [1.82, 2.24) is 4.90 Å². The van der Waals surface area contributed by atoms with Crippen molar-refractivity contribution >= 4 is 35.1 Å². The van der Waals surface area contributed by atoms with Crippen LogP contribution in [0.5, 0.6) is 0 Å². The number of amides is 1. The van der Waals surface area contributed by atoms with Crippen LogP contribution in [0.3, 0.4) is 0 Å². The molecule has 0 spiro atoms. The summed E-state index contributed by atoms with van der Waals surface area (Å²) in [6.45, 7) is 0.816. The largest absolute Gasteiger partial charge is 0.481 e. The molecule has 0 aromatic heterocycles. The minimum absolute atomic E-state index is 0.0372. The van der Waals surface area contributed by atoms with Crippen molar-refractivity contribution in [1.29, 1.82) is 0 Å². The van der Waals surface area contributed by atoms with Gasteiger partial charge in [-0.3, -0.25) is 9.59 Å². The Balaban J connectivity index is 1.90. The maximum atomic E-state index is 12.0. The molecule has 1 N–H and O–H groups in total. The Morgan fingerprint density at radius 2 is 2.10 bits per heavy atom. The topological polar surface area (TPSA) is 57.6 Å². The van der Waals surface area contributed by atoms with E-state index in [0.717, 1.165) is 5.56 Å². The van der Waals surface area contributed by atoms with Gasteiger partial charge in [0.2, 0.25) is 5.91 Å². The van der Waals surface area contributed by atoms with E-state index >= 15 is 0 Å². The third kappa shape index (κ3) is 3.44. The van der Waals surface area contributed by atoms with E-state index in [9.17, 15) is 9.59 Å². The summed E-state index contributed by atoms with van der Waals surface area (Å²) >= 11 is 12.0. The van der Waals surface area contributed by atoms with Crippen LogP contribution >= 0.6 is 23.2 Å². The van der Waals surface area contributed by atoms with Crippen LogP contribution in [-0.4, -0.2) is 35.0 Å². The molecule has 1 saturated heterocycles. The Morgan fingerprint density at radius 3 is 2.75 bits per heavy atom. The number of hydrogen-bond donors (Lipinski definition) is 1. The van der Waals surface area contributed by atoms with Gasteiger partial charge in [-0.1, -0.05) is 35.3 Å². The van der Waals surface area contributed by atoms with E-state index in [1.807, 2.05) is 6.07 Å². The standard InChI is InChI=1S/C14H15Cl2NO3/c15-11-3-1-2-9(13(11)16)4-5-12(18)17-7-6-10(8-17)14(19)20/h1-3,10H,4-8H2,(H,19,20). The number of carbonyl (C=O) groups excluding carboxylic acids is 1. The molecule has 108 valence electrons. The molecule has 1 fully saturated rings. The summed E-state index contributed by atoms with van der Waals surface area (Å²) in [4.78, 5) is 24.5. The van der Waals surface area contributed by atoms with Crippen molar-refractivity contribution in [2.75, 3.05) is 13.1 Å². The summed E-state index contributed by atoms with van der Waals surface area (Å²) < 4.78 is 0. The number of benzene rings is 1. The van der Waals surface area contributed by atoms with E-state index in [1.165, 1.54) is 0 Å². The average Bonchev–Trinajstić information content (AvgIpc) is 2.90. The maximum Gasteiger partial charge on any atom is 0.308 e. The van der Waals surface area contributed by atoms with Crippen LogP contribution < -0.4 is 0 Å². The molecule has 0 aliphatic carbocycles. The highest BCUT2D eigenvalue weighted by molar-refractivity contribution is 6.42. The first kappa shape index (κ1) is 15.1. The molecule has 1 aliphatic heterocycles. The van der Waals surface area contributed by atoms with Crippen LogP contribution in [0.4, 0.5) is 0 Å². The number of likely N-dealkylation sites (tertiary alicyclic amines) is 1. The molecule has 0 radical (unpaired) electrons. The lowest BCUT2D eigenvalue weighted by atomic mass is 10.1. The first-order valence-electron chi connectivity index (χ1n) is 6.42. The third-order valence-electron chi connectivity index (χ3n) is 3.53. The van der Waals surface area contributed by atoms with Gasteiger partial charge in [-0.25, -0.2) is 0 Å². The molecule has 1 aromatic carbocycles. The molecular weight excluding hydrogens is 301 g/mol. The number of hydrogen-bond acceptors (Lipinski definition) is 2. The lowest BCUT2D eigenvalue weighted by Crippen LogP contribution is -2.30. The Labute approximate surface area is 127 Å². The monoisotopic (exact) mass is 315 g/mol. The number of rotatable bonds is 4. The molecule has 1 unspecified atom stereocenters. The summed E-state index contributed by atoms with van der Waals surface area (Å²) in [5, 5.41) is 9.87. The second-order valence-corrected chi connectivity index (χ2v) is 5.66. The molecule has 1 heterocycles. The first-order chi connectivity index (χ1) is 9.49. The van der Waals surface area contributed by atoms with Gasteiger partial charge in [-0.2, -0.15) is 0 Å². The Kier molecular flexibility index (Phi) is 4.89. The summed E-state index contributed by atoms with van der Waals surface area (Å²) in [5.74, 6) is -1.31. The van der Waals surface area contributed by atoms with Gasteiger partial charge in [-0.05, 0) is 24.5 Å². The van der Waals surface area contributed by atoms with Crippen LogP contribution in [0.25, 0.3) is 0 Å². The average molecular weight is 316 g/mol. The number of aliphatic carboxylic acids is 1. The molecule has 0 saturated carbocycles. The third-order valence-corrected chi connectivity index (χ3v) is 4.39. The zero-order valence-electron chi connectivity index (χ0n) is 10.8. The molecule has 2 rings (SSSR count). The molecule has 1 aromatic rings. The number of aryl methyl sites for hydroxylation is 1. The highest BCUT2D eigenvalue weighted by Gasteiger charge is 2.30. The van der Waals surface area contributed by atoms with Gasteiger partial charge in [-0.15, -0.1) is 0 Å². The van der Waals surface area contributed by atoms with Crippen LogP contribution in [-0.2, 0) is 16.0 Å². The van der Waals surface area contributed by atoms with Crippen molar-refractivity contribution in [3.63, 3.8) is 0 Å². The fourth-order valence-electron chi connectivity index (χ4n) is 2.33. The van der Waals surface area contributed by atoms with E-state index < -0.39 is 11.9 Å². The smallest absolute Gasteiger partial charge is 0.308 e. The summed E-state index contributed by atoms with van der Waals surface area (Å²) in [6, 6.07) is 5.34. The Morgan fingerprint density at radius 1 is 1.35 bits per heavy atom. The van der Waals surface area contributed by atoms with Gasteiger partial charge < -0.3 is 10.0 Å². The van der Waals surface area contributed by atoms with Crippen molar-refractivity contribution < 1.29 is 14.7 Å². The molecule has 6 heteroatoms. The van der Waals surface area contributed by atoms with E-state index in [1.54, 1.807) is 17.0 Å². The summed E-state index contributed by atoms with van der Waals surface area (Å²) in [6.07, 6.45) is 1.35. The number of nitrogens with zero attached hydrogens (tertiary/aromatic N) is 1. The van der Waals surface area contributed by atoms with E-state index in [0.29, 0.717) is 42.4 Å². The van der Waals surface area contributed by atoms with Gasteiger partial charge in [0.25, 0.3) is 0 Å². The van der Waals surface area contributed by atoms with Gasteiger partial charge in [0.05, 0.1) is 16.0 Å². The lowest BCUT2D eigenvalue weighted by molar-refractivity contribution is -0.141. The van der Waals surface area contributed by atoms with E-state index in [2.05, 4.69) is 0 Å². The van der Waals surface area contributed by atoms with E-state index in [4.69, 9.17) is 28.3 Å². The van der Waals surface area contributed by atoms with Gasteiger partial charge in [0, 0.05) is 19.5 Å². The quantitative estimate of drug-likeness (QED) is 0.929. The van der Waals surface area contributed by atoms with Crippen LogP contribution in [0.2, 0.25) is 10.0 Å². The molecular formula is C14H15Cl2NO3. The molecule has 20 heavy (non-hydrogen) atoms. The number of carboxylic acids is 1. The van der Waals surface area contributed by atoms with E-state index in [-0.39, 0.29) is 5.91 Å². The number of carboxylic acid groups (broad SMARTS) is 1. The first-order valence-corrected chi connectivity index (χ1v) is 7.18. The second-order valence-electron chi connectivity index (χ2n) is 4.88. The van der Waals surface area contributed by atoms with Gasteiger partial charge in [0.1, 0.15) is 0 Å². The molecule has 1 atom stereocenters. The predicted octanol–water partition coefficient (Wildman–Crippen LogP) is 2.86. The maximum absolute atomic E-state index is 12.0.